The summed E-state index contributed by atoms with van der Waals surface area (Å²) in [7, 11) is -21.2. The quantitative estimate of drug-likeness (QED) is 0.0199. The van der Waals surface area contributed by atoms with Crippen molar-refractivity contribution in [3.8, 4) is 0 Å². The van der Waals surface area contributed by atoms with E-state index in [0.29, 0.717) is 126 Å². The number of hydrogen-bond donors (Lipinski definition) is 12. The van der Waals surface area contributed by atoms with E-state index in [1.54, 1.807) is 6.92 Å². The van der Waals surface area contributed by atoms with E-state index in [-0.39, 0.29) is 103 Å². The molecule has 0 radical (unpaired) electrons. The van der Waals surface area contributed by atoms with Gasteiger partial charge in [-0.15, -0.1) is 0 Å². The second-order valence-electron chi connectivity index (χ2n) is 34.9. The van der Waals surface area contributed by atoms with Crippen molar-refractivity contribution in [2.24, 2.45) is 82.9 Å². The topological polar surface area (TPSA) is 318 Å². The van der Waals surface area contributed by atoms with Crippen LogP contribution in [0.2, 0.25) is 121 Å². The summed E-state index contributed by atoms with van der Waals surface area (Å²) in [6.45, 7) is 14.6. The van der Waals surface area contributed by atoms with E-state index < -0.39 is 79.3 Å². The minimum atomic E-state index is -3.82. The molecule has 0 aromatic rings. The first-order chi connectivity index (χ1) is 63.5. The lowest BCUT2D eigenvalue weighted by molar-refractivity contribution is -0.142. The van der Waals surface area contributed by atoms with Crippen molar-refractivity contribution in [2.45, 2.75) is 398 Å². The second-order valence-corrected chi connectivity index (χ2v) is 62.4. The molecule has 18 nitrogen and oxygen atoms in total. The molecule has 0 bridgehead atoms. The zero-order valence-electron chi connectivity index (χ0n) is 91.9. The first-order valence-electron chi connectivity index (χ1n) is 55.8. The van der Waals surface area contributed by atoms with Gasteiger partial charge in [-0.05, 0) is 137 Å². The van der Waals surface area contributed by atoms with Crippen molar-refractivity contribution in [3.63, 3.8) is 0 Å². The van der Waals surface area contributed by atoms with Gasteiger partial charge in [0.05, 0.1) is 56.0 Å². The minimum Gasteiger partial charge on any atom is -0.390 e. The Morgan fingerprint density at radius 3 is 0.694 bits per heavy atom. The molecule has 14 unspecified atom stereocenters. The summed E-state index contributed by atoms with van der Waals surface area (Å²) in [6.07, 6.45) is 23.8. The number of carbonyl (C=O) groups excluding carboxylic acids is 4. The fraction of sp³-hybridized carbons (Fsp3) is 0.951. The number of likely N-dealkylation sites (tertiary alicyclic amines) is 2. The van der Waals surface area contributed by atoms with Gasteiger partial charge in [0, 0.05) is 53.7 Å². The summed E-state index contributed by atoms with van der Waals surface area (Å²) in [5, 5.41) is 0. The number of imide groups is 2. The highest BCUT2D eigenvalue weighted by atomic mass is 28.4. The van der Waals surface area contributed by atoms with Gasteiger partial charge in [-0.25, -0.2) is 0 Å². The minimum absolute atomic E-state index is 0.0388. The number of hydrogen-bond acceptors (Lipinski definition) is 16. The Labute approximate surface area is 702 Å². The molecule has 636 valence electrons. The van der Waals surface area contributed by atoms with Crippen molar-refractivity contribution in [1.82, 2.24) is 9.80 Å². The number of carbonyl (C=O) groups is 4. The van der Waals surface area contributed by atoms with Gasteiger partial charge in [0.25, 0.3) is 0 Å². The molecule has 26 heteroatoms. The molecule has 0 spiro atoms. The molecular formula is C82H170N2O16Si8. The molecule has 4 aliphatic carbocycles. The highest BCUT2D eigenvalue weighted by molar-refractivity contribution is 6.81. The molecule has 6 fully saturated rings. The second kappa shape index (κ2) is 49.0. The van der Waals surface area contributed by atoms with Crippen molar-refractivity contribution in [3.05, 3.63) is 0 Å². The van der Waals surface area contributed by atoms with Gasteiger partial charge < -0.3 is 57.6 Å². The molecule has 2 aliphatic heterocycles. The first-order valence-corrected chi connectivity index (χ1v) is 61.5. The lowest BCUT2D eigenvalue weighted by atomic mass is 9.87. The van der Waals surface area contributed by atoms with Crippen LogP contribution in [0.25, 0.3) is 0 Å². The lowest BCUT2D eigenvalue weighted by Crippen LogP contribution is -2.37. The number of rotatable bonds is 62. The number of fused-ring (bicyclic) bond motifs is 2. The standard InChI is InChI=1S/C31H61NO2Si2.C28H60Si2.C13H25NO8Si2.C10H24O6Si2/c1-8-17-35(18-9-2,19-10-3)23-15-26-25-27(29-28(26)30(33)32(14-7)31(29)34)16-24-36(20-11-4,21-12-5)22-13-6;1-8-16-29(17-9-2,18-10-3)22-14-27-24-26(7)28(25-27)15-23-30(19-11-4,20-12-5)21-13-6;1-2-14-12(15)10-8(3-5-23(17,18)19)7-9(11(10)13(14)16)4-6-24(20,21)22;1-8-6-9(2-4-17(11,12)13)7-10(8)3-5-18(14,15)16/h26-29H,8-25H2,1-7H3;26-28H,8-25H2,1-7H3;8-11,17-22H,2-7H2,1H3;8-16H,2-7H2,1H3/i2*1T,2T,3T,4T,5T,6T;17T,18T,19T,20T,21T,22T;11T,12T,13T,14T,15T,16T. The summed E-state index contributed by atoms with van der Waals surface area (Å²) in [6, 6.07) is 19.3. The van der Waals surface area contributed by atoms with Crippen LogP contribution in [-0.4, -0.2) is 189 Å². The summed E-state index contributed by atoms with van der Waals surface area (Å²) >= 11 is 0. The third kappa shape index (κ3) is 32.8. The fourth-order valence-corrected chi connectivity index (χ4v) is 43.8. The smallest absolute Gasteiger partial charge is 0.390 e. The average molecular weight is 1710 g/mol. The first kappa shape index (κ1) is 68.4. The maximum Gasteiger partial charge on any atom is 0.492 e. The van der Waals surface area contributed by atoms with Crippen LogP contribution < -0.4 is 0 Å². The van der Waals surface area contributed by atoms with Gasteiger partial charge >= 0.3 is 35.2 Å². The highest BCUT2D eigenvalue weighted by Gasteiger charge is 2.60. The predicted octanol–water partition coefficient (Wildman–Crippen LogP) is 17.3. The molecule has 108 heavy (non-hydrogen) atoms. The van der Waals surface area contributed by atoms with Gasteiger partial charge in [0.15, 0.2) is 17.2 Å². The molecule has 0 aromatic heterocycles. The van der Waals surface area contributed by atoms with Gasteiger partial charge in [-0.2, -0.15) is 0 Å². The van der Waals surface area contributed by atoms with E-state index in [2.05, 4.69) is 71.4 Å². The third-order valence-electron chi connectivity index (χ3n) is 27.2. The highest BCUT2D eigenvalue weighted by Crippen LogP contribution is 2.55. The van der Waals surface area contributed by atoms with Crippen LogP contribution >= 0.6 is 0 Å². The van der Waals surface area contributed by atoms with Crippen LogP contribution in [0.15, 0.2) is 0 Å². The van der Waals surface area contributed by atoms with Crippen LogP contribution in [0.5, 0.6) is 0 Å². The summed E-state index contributed by atoms with van der Waals surface area (Å²) in [5.41, 5.74) is 0. The van der Waals surface area contributed by atoms with Gasteiger partial charge in [-0.3, -0.25) is 29.0 Å². The molecule has 12 N–H and O–H groups in total. The van der Waals surface area contributed by atoms with Gasteiger partial charge in [0.1, 0.15) is 0 Å². The molecule has 4 saturated carbocycles. The Morgan fingerprint density at radius 2 is 0.472 bits per heavy atom. The van der Waals surface area contributed by atoms with E-state index in [4.69, 9.17) is 33.6 Å². The van der Waals surface area contributed by atoms with E-state index >= 15 is 0 Å². The van der Waals surface area contributed by atoms with E-state index in [1.807, 2.05) is 6.92 Å². The van der Waals surface area contributed by atoms with E-state index in [0.717, 1.165) is 175 Å². The van der Waals surface area contributed by atoms with Crippen LogP contribution in [-0.2, 0) is 19.2 Å². The summed E-state index contributed by atoms with van der Waals surface area (Å²) in [5.74, 6) is 1.16. The Kier molecular flexibility index (Phi) is 31.1. The van der Waals surface area contributed by atoms with Crippen molar-refractivity contribution >= 4 is 91.1 Å². The SMILES string of the molecule is [3H]CCC[Si](CCC[3H])(CCC[3H])CCC1CC(C)C(CC[Si](CCC[3H])(CCC[3H])CCC[3H])C1.[3H]CCC[Si](CCC[3H])(CCC[3H])CCC1CC(CC[Si](CCC[3H])(CCC[3H])CCC[3H])C2C(=O)N(CC)C(=O)C12.[3H]O[Si](CCC1CC(C)C(CC[Si](O[3H])(O[3H])O[3H])C1)(O[3H])O[3H].[3H]O[Si](CCC1CC(CC[Si](O[3H])(O[3H])O[3H])C2C(=O)N(CC)C(=O)C12)(O[3H])O[3H]. The Balaban J connectivity index is 0.000000462. The van der Waals surface area contributed by atoms with E-state index in [1.165, 1.54) is 83.8 Å². The Hall–Kier alpha value is -0.465. The Morgan fingerprint density at radius 1 is 0.278 bits per heavy atom. The molecule has 2 saturated heterocycles. The zero-order valence-corrected chi connectivity index (χ0v) is 75.9. The van der Waals surface area contributed by atoms with E-state index in [9.17, 15) is 19.2 Å². The Bertz CT molecular complexity index is 2840. The molecule has 2 heterocycles. The molecule has 4 amide bonds. The zero-order chi connectivity index (χ0) is 98.5. The molecule has 14 atom stereocenters. The normalized spacial score (nSPS) is 29.3. The summed E-state index contributed by atoms with van der Waals surface area (Å²) in [4.78, 5) is 108. The summed E-state index contributed by atoms with van der Waals surface area (Å²) < 4.78 is 177. The van der Waals surface area contributed by atoms with Gasteiger partial charge in [0.2, 0.25) is 23.6 Å². The van der Waals surface area contributed by atoms with Crippen molar-refractivity contribution in [1.29, 1.82) is 17.2 Å². The number of amides is 4. The largest absolute Gasteiger partial charge is 0.492 e. The average Bonchev–Trinajstić information content (AvgIpc) is 1.59. The lowest BCUT2D eigenvalue weighted by Gasteiger charge is -2.34. The molecular weight excluding hydrogens is 1490 g/mol. The predicted molar refractivity (Wildman–Crippen MR) is 462 cm³/mol. The van der Waals surface area contributed by atoms with Crippen molar-refractivity contribution < 1.29 is 93.2 Å². The van der Waals surface area contributed by atoms with Gasteiger partial charge in [-0.1, -0.05) is 296 Å². The van der Waals surface area contributed by atoms with Crippen LogP contribution in [0.4, 0.5) is 0 Å². The molecule has 6 aliphatic rings. The van der Waals surface area contributed by atoms with Crippen molar-refractivity contribution in [2.75, 3.05) is 13.1 Å². The van der Waals surface area contributed by atoms with Crippen LogP contribution in [0, 0.1) is 82.9 Å². The van der Waals surface area contributed by atoms with Crippen LogP contribution in [0.3, 0.4) is 0 Å². The van der Waals surface area contributed by atoms with Crippen LogP contribution in [0.1, 0.15) is 294 Å². The molecule has 6 rings (SSSR count). The molecule has 0 aromatic carbocycles. The number of nitrogens with zero attached hydrogens (tertiary/aromatic N) is 2. The maximum atomic E-state index is 13.6. The monoisotopic (exact) mass is 1710 g/mol. The fourth-order valence-electron chi connectivity index (χ4n) is 21.9. The third-order valence-corrected chi connectivity index (χ3v) is 53.1. The maximum absolute atomic E-state index is 13.6.